The molecule has 4 aliphatic heterocycles. The molecule has 3 fully saturated rings. The van der Waals surface area contributed by atoms with Gasteiger partial charge in [-0.15, -0.1) is 0 Å². The summed E-state index contributed by atoms with van der Waals surface area (Å²) < 4.78 is 0. The lowest BCUT2D eigenvalue weighted by Crippen LogP contribution is -2.64. The highest BCUT2D eigenvalue weighted by molar-refractivity contribution is 6.05. The maximum Gasteiger partial charge on any atom is 0.255 e. The lowest BCUT2D eigenvalue weighted by molar-refractivity contribution is -0.137. The summed E-state index contributed by atoms with van der Waals surface area (Å²) in [6.45, 7) is 4.00. The molecule has 5 rings (SSSR count). The molecule has 9 heteroatoms. The number of nitrogens with zero attached hydrogens (tertiary/aromatic N) is 2. The van der Waals surface area contributed by atoms with Gasteiger partial charge >= 0.3 is 0 Å². The summed E-state index contributed by atoms with van der Waals surface area (Å²) in [5.74, 6) is -0.497. The second-order valence-electron chi connectivity index (χ2n) is 8.47. The van der Waals surface area contributed by atoms with E-state index in [0.29, 0.717) is 37.5 Å². The van der Waals surface area contributed by atoms with Crippen LogP contribution in [0.5, 0.6) is 0 Å². The zero-order valence-electron chi connectivity index (χ0n) is 16.6. The van der Waals surface area contributed by atoms with E-state index in [1.54, 1.807) is 11.0 Å². The number of fused-ring (bicyclic) bond motifs is 1. The van der Waals surface area contributed by atoms with Crippen LogP contribution >= 0.6 is 0 Å². The molecule has 4 amide bonds. The fraction of sp³-hybridized carbons (Fsp3) is 0.524. The van der Waals surface area contributed by atoms with Crippen molar-refractivity contribution in [2.45, 2.75) is 38.0 Å². The molecule has 2 atom stereocenters. The first kappa shape index (κ1) is 19.2. The molecular formula is C21H25N5O4. The minimum absolute atomic E-state index is 0.0709. The van der Waals surface area contributed by atoms with Crippen LogP contribution in [0, 0.1) is 5.92 Å². The number of hydrogen-bond donors (Lipinski definition) is 3. The summed E-state index contributed by atoms with van der Waals surface area (Å²) in [4.78, 5) is 53.1. The Hall–Kier alpha value is -2.78. The van der Waals surface area contributed by atoms with E-state index in [1.807, 2.05) is 12.1 Å². The molecule has 0 aliphatic carbocycles. The van der Waals surface area contributed by atoms with Crippen molar-refractivity contribution in [2.75, 3.05) is 26.2 Å². The third-order valence-corrected chi connectivity index (χ3v) is 6.67. The fourth-order valence-corrected chi connectivity index (χ4v) is 4.97. The Labute approximate surface area is 174 Å². The Bertz CT molecular complexity index is 928. The van der Waals surface area contributed by atoms with E-state index in [2.05, 4.69) is 20.9 Å². The first-order valence-corrected chi connectivity index (χ1v) is 10.5. The molecule has 9 nitrogen and oxygen atoms in total. The molecule has 2 unspecified atom stereocenters. The molecular weight excluding hydrogens is 386 g/mol. The van der Waals surface area contributed by atoms with Gasteiger partial charge < -0.3 is 15.5 Å². The third-order valence-electron chi connectivity index (χ3n) is 6.67. The summed E-state index contributed by atoms with van der Waals surface area (Å²) in [6.07, 6.45) is 0.589. The van der Waals surface area contributed by atoms with Crippen LogP contribution in [0.4, 0.5) is 0 Å². The number of hydrogen-bond acceptors (Lipinski definition) is 6. The lowest BCUT2D eigenvalue weighted by Gasteiger charge is -2.43. The largest absolute Gasteiger partial charge is 0.353 e. The van der Waals surface area contributed by atoms with E-state index >= 15 is 0 Å². The molecule has 3 saturated heterocycles. The molecule has 1 aromatic carbocycles. The van der Waals surface area contributed by atoms with E-state index in [4.69, 9.17) is 0 Å². The van der Waals surface area contributed by atoms with Crippen molar-refractivity contribution in [3.63, 3.8) is 0 Å². The number of amides is 4. The van der Waals surface area contributed by atoms with Crippen molar-refractivity contribution in [2.24, 2.45) is 5.92 Å². The summed E-state index contributed by atoms with van der Waals surface area (Å²) in [6, 6.07) is 4.87. The van der Waals surface area contributed by atoms with Gasteiger partial charge in [0.05, 0.1) is 6.04 Å². The Morgan fingerprint density at radius 1 is 1.07 bits per heavy atom. The van der Waals surface area contributed by atoms with E-state index in [1.165, 1.54) is 0 Å². The van der Waals surface area contributed by atoms with Crippen molar-refractivity contribution in [3.8, 4) is 0 Å². The van der Waals surface area contributed by atoms with E-state index in [9.17, 15) is 19.2 Å². The third kappa shape index (κ3) is 3.18. The zero-order chi connectivity index (χ0) is 20.8. The van der Waals surface area contributed by atoms with Crippen LogP contribution in [0.15, 0.2) is 18.2 Å². The van der Waals surface area contributed by atoms with E-state index in [0.717, 1.165) is 30.8 Å². The molecule has 0 aromatic heterocycles. The van der Waals surface area contributed by atoms with Gasteiger partial charge in [0.1, 0.15) is 6.04 Å². The molecule has 30 heavy (non-hydrogen) atoms. The number of piperazine rings is 1. The highest BCUT2D eigenvalue weighted by atomic mass is 16.2. The molecule has 4 heterocycles. The predicted molar refractivity (Wildman–Crippen MR) is 106 cm³/mol. The van der Waals surface area contributed by atoms with Gasteiger partial charge in [0.2, 0.25) is 17.7 Å². The maximum absolute atomic E-state index is 13.0. The van der Waals surface area contributed by atoms with Crippen LogP contribution in [0.1, 0.15) is 34.3 Å². The quantitative estimate of drug-likeness (QED) is 0.547. The Balaban J connectivity index is 1.38. The smallest absolute Gasteiger partial charge is 0.255 e. The summed E-state index contributed by atoms with van der Waals surface area (Å²) >= 11 is 0. The van der Waals surface area contributed by atoms with Gasteiger partial charge in [-0.1, -0.05) is 12.1 Å². The lowest BCUT2D eigenvalue weighted by atomic mass is 9.90. The second kappa shape index (κ2) is 7.48. The number of rotatable bonds is 4. The summed E-state index contributed by atoms with van der Waals surface area (Å²) in [5, 5.41) is 8.55. The van der Waals surface area contributed by atoms with Crippen LogP contribution in [0.3, 0.4) is 0 Å². The Morgan fingerprint density at radius 2 is 1.90 bits per heavy atom. The minimum Gasteiger partial charge on any atom is -0.353 e. The van der Waals surface area contributed by atoms with E-state index in [-0.39, 0.29) is 30.2 Å². The van der Waals surface area contributed by atoms with Crippen LogP contribution < -0.4 is 16.0 Å². The van der Waals surface area contributed by atoms with Gasteiger partial charge in [-0.2, -0.15) is 0 Å². The number of piperidine rings is 1. The minimum atomic E-state index is -0.620. The Kier molecular flexibility index (Phi) is 4.79. The van der Waals surface area contributed by atoms with Gasteiger partial charge in [0.15, 0.2) is 0 Å². The zero-order valence-corrected chi connectivity index (χ0v) is 16.6. The van der Waals surface area contributed by atoms with Gasteiger partial charge in [0.25, 0.3) is 5.91 Å². The topological polar surface area (TPSA) is 111 Å². The van der Waals surface area contributed by atoms with Crippen molar-refractivity contribution in [1.82, 2.24) is 25.8 Å². The maximum atomic E-state index is 13.0. The molecule has 0 radical (unpaired) electrons. The molecule has 0 spiro atoms. The SMILES string of the molecule is O=C1CCC(N2Cc3c(CN4CCNC(=O)C4C4CNC4)cccc3C2=O)C(=O)N1. The average Bonchev–Trinajstić information content (AvgIpc) is 3.01. The normalized spacial score (nSPS) is 27.5. The fourth-order valence-electron chi connectivity index (χ4n) is 4.97. The molecule has 0 saturated carbocycles. The van der Waals surface area contributed by atoms with Crippen LogP contribution in [0.2, 0.25) is 0 Å². The number of imide groups is 1. The number of carbonyl (C=O) groups excluding carboxylic acids is 4. The van der Waals surface area contributed by atoms with Gasteiger partial charge in [-0.3, -0.25) is 29.4 Å². The van der Waals surface area contributed by atoms with Gasteiger partial charge in [0, 0.05) is 57.2 Å². The number of nitrogens with one attached hydrogen (secondary N) is 3. The van der Waals surface area contributed by atoms with Crippen molar-refractivity contribution >= 4 is 23.6 Å². The summed E-state index contributed by atoms with van der Waals surface area (Å²) in [7, 11) is 0. The second-order valence-corrected chi connectivity index (χ2v) is 8.47. The first-order valence-electron chi connectivity index (χ1n) is 10.5. The Morgan fingerprint density at radius 3 is 2.63 bits per heavy atom. The standard InChI is InChI=1S/C21H25N5O4/c27-17-5-4-16(19(28)24-17)26-11-15-12(2-1-3-14(15)21(26)30)10-25-7-6-23-20(29)18(25)13-8-22-9-13/h1-3,13,16,18,22H,4-11H2,(H,23,29)(H,24,27,28). The van der Waals surface area contributed by atoms with Crippen LogP contribution in [-0.4, -0.2) is 71.7 Å². The van der Waals surface area contributed by atoms with Crippen molar-refractivity contribution in [3.05, 3.63) is 34.9 Å². The van der Waals surface area contributed by atoms with Gasteiger partial charge in [-0.05, 0) is 23.6 Å². The number of carbonyl (C=O) groups is 4. The molecule has 0 bridgehead atoms. The van der Waals surface area contributed by atoms with Crippen molar-refractivity contribution < 1.29 is 19.2 Å². The van der Waals surface area contributed by atoms with Crippen LogP contribution in [0.25, 0.3) is 0 Å². The predicted octanol–water partition coefficient (Wildman–Crippen LogP) is -1.03. The molecule has 1 aromatic rings. The molecule has 158 valence electrons. The highest BCUT2D eigenvalue weighted by Gasteiger charge is 2.42. The van der Waals surface area contributed by atoms with E-state index < -0.39 is 11.9 Å². The first-order chi connectivity index (χ1) is 14.5. The number of benzene rings is 1. The molecule has 3 N–H and O–H groups in total. The van der Waals surface area contributed by atoms with Crippen molar-refractivity contribution in [1.29, 1.82) is 0 Å². The average molecular weight is 411 g/mol. The summed E-state index contributed by atoms with van der Waals surface area (Å²) in [5.41, 5.74) is 2.55. The van der Waals surface area contributed by atoms with Gasteiger partial charge in [-0.25, -0.2) is 0 Å². The monoisotopic (exact) mass is 411 g/mol. The highest BCUT2D eigenvalue weighted by Crippen LogP contribution is 2.31. The van der Waals surface area contributed by atoms with Crippen LogP contribution in [-0.2, 0) is 27.5 Å². The molecule has 4 aliphatic rings.